The van der Waals surface area contributed by atoms with Gasteiger partial charge in [0.1, 0.15) is 5.82 Å². The van der Waals surface area contributed by atoms with Crippen LogP contribution < -0.4 is 5.32 Å². The fourth-order valence-electron chi connectivity index (χ4n) is 2.81. The van der Waals surface area contributed by atoms with Crippen LogP contribution in [0.3, 0.4) is 0 Å². The van der Waals surface area contributed by atoms with E-state index in [1.165, 1.54) is 12.1 Å². The van der Waals surface area contributed by atoms with E-state index in [0.717, 1.165) is 37.8 Å². The van der Waals surface area contributed by atoms with Gasteiger partial charge >= 0.3 is 0 Å². The van der Waals surface area contributed by atoms with Crippen LogP contribution in [0.4, 0.5) is 4.39 Å². The Morgan fingerprint density at radius 3 is 2.44 bits per heavy atom. The quantitative estimate of drug-likeness (QED) is 0.862. The van der Waals surface area contributed by atoms with Crippen molar-refractivity contribution in [3.05, 3.63) is 35.6 Å². The molecule has 0 amide bonds. The zero-order valence-electron chi connectivity index (χ0n) is 11.0. The highest BCUT2D eigenvalue weighted by molar-refractivity contribution is 5.18. The lowest BCUT2D eigenvalue weighted by Gasteiger charge is -2.36. The van der Waals surface area contributed by atoms with Gasteiger partial charge in [-0.2, -0.15) is 0 Å². The van der Waals surface area contributed by atoms with Crippen molar-refractivity contribution < 1.29 is 9.50 Å². The van der Waals surface area contributed by atoms with Crippen molar-refractivity contribution >= 4 is 0 Å². The molecular formula is C15H22FNO. The zero-order valence-corrected chi connectivity index (χ0v) is 11.0. The molecule has 0 spiro atoms. The molecule has 0 radical (unpaired) electrons. The topological polar surface area (TPSA) is 32.3 Å². The van der Waals surface area contributed by atoms with E-state index in [2.05, 4.69) is 12.2 Å². The third-order valence-electron chi connectivity index (χ3n) is 3.86. The number of benzene rings is 1. The van der Waals surface area contributed by atoms with Crippen molar-refractivity contribution in [3.8, 4) is 0 Å². The molecule has 1 aliphatic carbocycles. The average molecular weight is 251 g/mol. The van der Waals surface area contributed by atoms with E-state index in [4.69, 9.17) is 0 Å². The van der Waals surface area contributed by atoms with E-state index in [9.17, 15) is 9.50 Å². The van der Waals surface area contributed by atoms with E-state index in [0.29, 0.717) is 12.5 Å². The summed E-state index contributed by atoms with van der Waals surface area (Å²) < 4.78 is 12.8. The fourth-order valence-corrected chi connectivity index (χ4v) is 2.81. The van der Waals surface area contributed by atoms with E-state index in [1.54, 1.807) is 12.1 Å². The van der Waals surface area contributed by atoms with Gasteiger partial charge in [-0.3, -0.25) is 0 Å². The summed E-state index contributed by atoms with van der Waals surface area (Å²) in [7, 11) is 0. The number of halogens is 1. The minimum Gasteiger partial charge on any atom is -0.390 e. The van der Waals surface area contributed by atoms with Gasteiger partial charge < -0.3 is 10.4 Å². The summed E-state index contributed by atoms with van der Waals surface area (Å²) in [6, 6.07) is 7.00. The van der Waals surface area contributed by atoms with Gasteiger partial charge in [0.2, 0.25) is 0 Å². The Hall–Kier alpha value is -0.930. The Kier molecular flexibility index (Phi) is 4.36. The molecule has 2 rings (SSSR count). The highest BCUT2D eigenvalue weighted by Crippen LogP contribution is 2.31. The number of hydrogen-bond donors (Lipinski definition) is 2. The second kappa shape index (κ2) is 5.81. The largest absolute Gasteiger partial charge is 0.390 e. The van der Waals surface area contributed by atoms with Crippen LogP contribution in [0.5, 0.6) is 0 Å². The number of nitrogens with one attached hydrogen (secondary N) is 1. The molecule has 1 fully saturated rings. The molecular weight excluding hydrogens is 229 g/mol. The Morgan fingerprint density at radius 1 is 1.28 bits per heavy atom. The van der Waals surface area contributed by atoms with Gasteiger partial charge in [-0.25, -0.2) is 4.39 Å². The van der Waals surface area contributed by atoms with Crippen LogP contribution in [0.1, 0.15) is 38.2 Å². The van der Waals surface area contributed by atoms with Crippen molar-refractivity contribution in [1.29, 1.82) is 0 Å². The molecule has 0 aliphatic heterocycles. The van der Waals surface area contributed by atoms with Crippen LogP contribution in [-0.2, 0) is 6.42 Å². The zero-order chi connectivity index (χ0) is 13.0. The first kappa shape index (κ1) is 13.5. The molecule has 0 atom stereocenters. The van der Waals surface area contributed by atoms with Crippen LogP contribution in [0.25, 0.3) is 0 Å². The molecule has 2 nitrogen and oxygen atoms in total. The first-order valence-electron chi connectivity index (χ1n) is 6.81. The summed E-state index contributed by atoms with van der Waals surface area (Å²) in [5.74, 6) is -0.221. The van der Waals surface area contributed by atoms with Crippen LogP contribution in [0.2, 0.25) is 0 Å². The Balaban J connectivity index is 1.91. The summed E-state index contributed by atoms with van der Waals surface area (Å²) in [6.07, 6.45) is 4.31. The summed E-state index contributed by atoms with van der Waals surface area (Å²) in [4.78, 5) is 0. The number of aliphatic hydroxyl groups is 1. The van der Waals surface area contributed by atoms with Gasteiger partial charge in [-0.05, 0) is 49.9 Å². The SMILES string of the molecule is CCNC1CCC(O)(Cc2ccc(F)cc2)CC1. The lowest BCUT2D eigenvalue weighted by molar-refractivity contribution is -0.00296. The van der Waals surface area contributed by atoms with Crippen LogP contribution in [-0.4, -0.2) is 23.3 Å². The molecule has 0 heterocycles. The normalized spacial score (nSPS) is 28.3. The maximum atomic E-state index is 12.8. The molecule has 18 heavy (non-hydrogen) atoms. The predicted molar refractivity (Wildman–Crippen MR) is 71.0 cm³/mol. The second-order valence-corrected chi connectivity index (χ2v) is 5.36. The molecule has 1 saturated carbocycles. The first-order chi connectivity index (χ1) is 8.61. The standard InChI is InChI=1S/C15H22FNO/c1-2-17-14-7-9-15(18,10-8-14)11-12-3-5-13(16)6-4-12/h3-6,14,17-18H,2,7-11H2,1H3. The van der Waals surface area contributed by atoms with E-state index < -0.39 is 5.60 Å². The molecule has 0 saturated heterocycles. The van der Waals surface area contributed by atoms with Gasteiger partial charge in [-0.1, -0.05) is 19.1 Å². The summed E-state index contributed by atoms with van der Waals surface area (Å²) >= 11 is 0. The number of hydrogen-bond acceptors (Lipinski definition) is 2. The molecule has 1 aliphatic rings. The van der Waals surface area contributed by atoms with Crippen LogP contribution in [0, 0.1) is 5.82 Å². The Labute approximate surface area is 108 Å². The summed E-state index contributed by atoms with van der Waals surface area (Å²) in [5, 5.41) is 14.0. The Morgan fingerprint density at radius 2 is 1.89 bits per heavy atom. The maximum absolute atomic E-state index is 12.8. The van der Waals surface area contributed by atoms with E-state index in [-0.39, 0.29) is 5.82 Å². The molecule has 3 heteroatoms. The highest BCUT2D eigenvalue weighted by atomic mass is 19.1. The minimum absolute atomic E-state index is 0.221. The van der Waals surface area contributed by atoms with Gasteiger partial charge in [0, 0.05) is 12.5 Å². The molecule has 1 aromatic carbocycles. The Bertz CT molecular complexity index is 369. The molecule has 0 bridgehead atoms. The van der Waals surface area contributed by atoms with Crippen molar-refractivity contribution in [3.63, 3.8) is 0 Å². The molecule has 100 valence electrons. The van der Waals surface area contributed by atoms with E-state index >= 15 is 0 Å². The third kappa shape index (κ3) is 3.53. The molecule has 0 aromatic heterocycles. The van der Waals surface area contributed by atoms with Gasteiger partial charge in [-0.15, -0.1) is 0 Å². The highest BCUT2D eigenvalue weighted by Gasteiger charge is 2.32. The molecule has 1 aromatic rings. The third-order valence-corrected chi connectivity index (χ3v) is 3.86. The monoisotopic (exact) mass is 251 g/mol. The van der Waals surface area contributed by atoms with E-state index in [1.807, 2.05) is 0 Å². The van der Waals surface area contributed by atoms with Crippen molar-refractivity contribution in [2.45, 2.75) is 50.7 Å². The summed E-state index contributed by atoms with van der Waals surface area (Å²) in [5.41, 5.74) is 0.407. The van der Waals surface area contributed by atoms with Crippen molar-refractivity contribution in [1.82, 2.24) is 5.32 Å². The number of rotatable bonds is 4. The van der Waals surface area contributed by atoms with Crippen LogP contribution >= 0.6 is 0 Å². The molecule has 2 N–H and O–H groups in total. The molecule has 0 unspecified atom stereocenters. The fraction of sp³-hybridized carbons (Fsp3) is 0.600. The maximum Gasteiger partial charge on any atom is 0.123 e. The van der Waals surface area contributed by atoms with Crippen molar-refractivity contribution in [2.75, 3.05) is 6.54 Å². The smallest absolute Gasteiger partial charge is 0.123 e. The first-order valence-corrected chi connectivity index (χ1v) is 6.81. The van der Waals surface area contributed by atoms with Gasteiger partial charge in [0.15, 0.2) is 0 Å². The van der Waals surface area contributed by atoms with Gasteiger partial charge in [0.05, 0.1) is 5.60 Å². The average Bonchev–Trinajstić information content (AvgIpc) is 2.36. The van der Waals surface area contributed by atoms with Crippen LogP contribution in [0.15, 0.2) is 24.3 Å². The lowest BCUT2D eigenvalue weighted by Crippen LogP contribution is -2.42. The predicted octanol–water partition coefficient (Wildman–Crippen LogP) is 2.65. The lowest BCUT2D eigenvalue weighted by atomic mass is 9.78. The minimum atomic E-state index is -0.607. The second-order valence-electron chi connectivity index (χ2n) is 5.36. The van der Waals surface area contributed by atoms with Crippen molar-refractivity contribution in [2.24, 2.45) is 0 Å². The van der Waals surface area contributed by atoms with Gasteiger partial charge in [0.25, 0.3) is 0 Å². The summed E-state index contributed by atoms with van der Waals surface area (Å²) in [6.45, 7) is 3.10.